The average molecular weight is 487 g/mol. The molecule has 0 saturated heterocycles. The van der Waals surface area contributed by atoms with Gasteiger partial charge in [0.1, 0.15) is 9.84 Å². The Morgan fingerprint density at radius 1 is 1.18 bits per heavy atom. The molecule has 2 aliphatic carbocycles. The highest BCUT2D eigenvalue weighted by molar-refractivity contribution is 7.90. The molecule has 0 bridgehead atoms. The van der Waals surface area contributed by atoms with Gasteiger partial charge in [0.25, 0.3) is 0 Å². The van der Waals surface area contributed by atoms with Crippen LogP contribution >= 0.6 is 0 Å². The second-order valence-electron chi connectivity index (χ2n) is 8.39. The Morgan fingerprint density at radius 2 is 1.91 bits per heavy atom. The van der Waals surface area contributed by atoms with Gasteiger partial charge in [0.05, 0.1) is 12.9 Å². The number of sulfone groups is 1. The van der Waals surface area contributed by atoms with E-state index in [9.17, 15) is 18.0 Å². The first-order chi connectivity index (χ1) is 16.2. The minimum atomic E-state index is -3.05. The van der Waals surface area contributed by atoms with E-state index < -0.39 is 15.9 Å². The van der Waals surface area contributed by atoms with Crippen molar-refractivity contribution in [3.05, 3.63) is 47.3 Å². The minimum absolute atomic E-state index is 0.0475. The number of carbonyl (C=O) groups excluding carboxylic acids is 1. The number of ketones is 1. The van der Waals surface area contributed by atoms with E-state index in [1.807, 2.05) is 29.6 Å². The standard InChI is InChI=1S/C19H17N3O2.C4H9NO4S/c1-24-17-10-8-15(19-20-18(11-5-6-11)21-22(17)19)12-3-2-4-14-13(12)7-9-16(14)23;1-10(8,9)3-2-5-4(6)7/h2-4,8,10-11H,5-7,9H2,1H3;5H,2-3H2,1H3,(H,6,7). The van der Waals surface area contributed by atoms with E-state index in [1.54, 1.807) is 11.6 Å². The lowest BCUT2D eigenvalue weighted by Crippen LogP contribution is -2.26. The van der Waals surface area contributed by atoms with Crippen LogP contribution in [0.3, 0.4) is 0 Å². The Kier molecular flexibility index (Phi) is 6.56. The van der Waals surface area contributed by atoms with Crippen molar-refractivity contribution in [3.63, 3.8) is 0 Å². The number of carbonyl (C=O) groups is 2. The number of carboxylic acid groups (broad SMARTS) is 1. The topological polar surface area (TPSA) is 140 Å². The molecular weight excluding hydrogens is 460 g/mol. The lowest BCUT2D eigenvalue weighted by Gasteiger charge is -2.10. The number of amides is 1. The maximum atomic E-state index is 12.1. The van der Waals surface area contributed by atoms with E-state index in [1.165, 1.54) is 0 Å². The van der Waals surface area contributed by atoms with Crippen LogP contribution in [0.5, 0.6) is 5.88 Å². The Labute approximate surface area is 196 Å². The second kappa shape index (κ2) is 9.41. The lowest BCUT2D eigenvalue weighted by atomic mass is 9.97. The molecule has 1 saturated carbocycles. The van der Waals surface area contributed by atoms with Crippen LogP contribution in [-0.2, 0) is 16.3 Å². The number of fused-ring (bicyclic) bond motifs is 2. The summed E-state index contributed by atoms with van der Waals surface area (Å²) in [6.07, 6.45) is 3.55. The predicted molar refractivity (Wildman–Crippen MR) is 125 cm³/mol. The molecule has 3 aromatic rings. The second-order valence-corrected chi connectivity index (χ2v) is 10.6. The molecule has 2 aliphatic rings. The van der Waals surface area contributed by atoms with Gasteiger partial charge in [-0.05, 0) is 36.5 Å². The van der Waals surface area contributed by atoms with Crippen LogP contribution < -0.4 is 10.1 Å². The molecule has 0 radical (unpaired) electrons. The fraction of sp³-hybridized carbons (Fsp3) is 0.391. The SMILES string of the molecule is COc1ccc(-c2cccc3c2CCC3=O)c2nc(C3CC3)nn12.CS(=O)(=O)CCNC(=O)O. The summed E-state index contributed by atoms with van der Waals surface area (Å²) >= 11 is 0. The Balaban J connectivity index is 0.000000235. The molecule has 1 aromatic carbocycles. The third-order valence-corrected chi connectivity index (χ3v) is 6.68. The van der Waals surface area contributed by atoms with E-state index in [2.05, 4.69) is 11.2 Å². The van der Waals surface area contributed by atoms with Crippen molar-refractivity contribution in [2.45, 2.75) is 31.6 Å². The number of benzene rings is 1. The van der Waals surface area contributed by atoms with Crippen LogP contribution in [0.2, 0.25) is 0 Å². The number of pyridine rings is 1. The Morgan fingerprint density at radius 3 is 2.56 bits per heavy atom. The van der Waals surface area contributed by atoms with Gasteiger partial charge in [-0.25, -0.2) is 18.2 Å². The average Bonchev–Trinajstić information content (AvgIpc) is 3.42. The molecule has 1 fully saturated rings. The summed E-state index contributed by atoms with van der Waals surface area (Å²) in [4.78, 5) is 26.6. The fourth-order valence-electron chi connectivity index (χ4n) is 3.92. The van der Waals surface area contributed by atoms with Gasteiger partial charge in [-0.2, -0.15) is 4.52 Å². The molecule has 11 heteroatoms. The molecule has 2 N–H and O–H groups in total. The first-order valence-corrected chi connectivity index (χ1v) is 13.0. The zero-order valence-corrected chi connectivity index (χ0v) is 19.8. The summed E-state index contributed by atoms with van der Waals surface area (Å²) in [6.45, 7) is -0.0475. The third kappa shape index (κ3) is 5.19. The number of nitrogens with one attached hydrogen (secondary N) is 1. The number of hydrogen-bond acceptors (Lipinski definition) is 7. The highest BCUT2D eigenvalue weighted by Gasteiger charge is 2.30. The molecule has 0 spiro atoms. The van der Waals surface area contributed by atoms with E-state index in [0.29, 0.717) is 18.2 Å². The van der Waals surface area contributed by atoms with E-state index in [-0.39, 0.29) is 18.1 Å². The zero-order valence-electron chi connectivity index (χ0n) is 18.9. The van der Waals surface area contributed by atoms with Crippen molar-refractivity contribution < 1.29 is 27.9 Å². The van der Waals surface area contributed by atoms with E-state index in [0.717, 1.165) is 59.2 Å². The summed E-state index contributed by atoms with van der Waals surface area (Å²) in [6, 6.07) is 9.90. The van der Waals surface area contributed by atoms with Crippen molar-refractivity contribution in [1.82, 2.24) is 19.9 Å². The molecule has 0 aliphatic heterocycles. The summed E-state index contributed by atoms with van der Waals surface area (Å²) < 4.78 is 28.0. The summed E-state index contributed by atoms with van der Waals surface area (Å²) in [5, 5.41) is 14.6. The van der Waals surface area contributed by atoms with Crippen LogP contribution in [0.25, 0.3) is 16.8 Å². The zero-order chi connectivity index (χ0) is 24.5. The molecule has 0 unspecified atom stereocenters. The fourth-order valence-corrected chi connectivity index (χ4v) is 4.39. The number of hydrogen-bond donors (Lipinski definition) is 2. The molecule has 180 valence electrons. The van der Waals surface area contributed by atoms with Gasteiger partial charge >= 0.3 is 6.09 Å². The predicted octanol–water partition coefficient (Wildman–Crippen LogP) is 2.71. The normalized spacial score (nSPS) is 14.9. The molecule has 2 heterocycles. The van der Waals surface area contributed by atoms with Crippen molar-refractivity contribution >= 4 is 27.4 Å². The highest BCUT2D eigenvalue weighted by atomic mass is 32.2. The molecule has 1 amide bonds. The quantitative estimate of drug-likeness (QED) is 0.542. The van der Waals surface area contributed by atoms with Crippen molar-refractivity contribution in [2.75, 3.05) is 25.7 Å². The van der Waals surface area contributed by atoms with Gasteiger partial charge < -0.3 is 15.2 Å². The number of nitrogens with zero attached hydrogens (tertiary/aromatic N) is 3. The largest absolute Gasteiger partial charge is 0.481 e. The maximum absolute atomic E-state index is 12.1. The van der Waals surface area contributed by atoms with Crippen molar-refractivity contribution in [2.24, 2.45) is 0 Å². The summed E-state index contributed by atoms with van der Waals surface area (Å²) in [7, 11) is -1.40. The van der Waals surface area contributed by atoms with Gasteiger partial charge in [-0.3, -0.25) is 4.79 Å². The number of Topliss-reactive ketones (excluding diaryl/α,β-unsaturated/α-hetero) is 1. The molecule has 10 nitrogen and oxygen atoms in total. The molecule has 34 heavy (non-hydrogen) atoms. The summed E-state index contributed by atoms with van der Waals surface area (Å²) in [5.74, 6) is 2.13. The smallest absolute Gasteiger partial charge is 0.404 e. The van der Waals surface area contributed by atoms with Gasteiger partial charge in [0, 0.05) is 42.3 Å². The minimum Gasteiger partial charge on any atom is -0.481 e. The Bertz CT molecular complexity index is 1360. The molecular formula is C23H26N4O6S. The van der Waals surface area contributed by atoms with E-state index >= 15 is 0 Å². The maximum Gasteiger partial charge on any atom is 0.404 e. The molecule has 2 aromatic heterocycles. The number of rotatable bonds is 6. The third-order valence-electron chi connectivity index (χ3n) is 5.74. The van der Waals surface area contributed by atoms with Crippen LogP contribution in [0, 0.1) is 0 Å². The van der Waals surface area contributed by atoms with Gasteiger partial charge in [0.2, 0.25) is 5.88 Å². The van der Waals surface area contributed by atoms with Crippen LogP contribution in [0.1, 0.15) is 46.9 Å². The molecule has 5 rings (SSSR count). The first-order valence-electron chi connectivity index (χ1n) is 10.9. The van der Waals surface area contributed by atoms with Gasteiger partial charge in [-0.1, -0.05) is 18.2 Å². The van der Waals surface area contributed by atoms with Gasteiger partial charge in [0.15, 0.2) is 17.3 Å². The first kappa shape index (κ1) is 23.7. The van der Waals surface area contributed by atoms with Crippen LogP contribution in [0.4, 0.5) is 4.79 Å². The van der Waals surface area contributed by atoms with Crippen molar-refractivity contribution in [3.8, 4) is 17.0 Å². The Hall–Kier alpha value is -3.47. The monoisotopic (exact) mass is 486 g/mol. The highest BCUT2D eigenvalue weighted by Crippen LogP contribution is 2.40. The molecule has 0 atom stereocenters. The van der Waals surface area contributed by atoms with Crippen LogP contribution in [-0.4, -0.2) is 65.7 Å². The lowest BCUT2D eigenvalue weighted by molar-refractivity contribution is 0.0994. The van der Waals surface area contributed by atoms with Gasteiger partial charge in [-0.15, -0.1) is 5.10 Å². The summed E-state index contributed by atoms with van der Waals surface area (Å²) in [5.41, 5.74) is 4.89. The van der Waals surface area contributed by atoms with Crippen molar-refractivity contribution in [1.29, 1.82) is 0 Å². The number of ether oxygens (including phenoxy) is 1. The number of methoxy groups -OCH3 is 1. The number of aromatic nitrogens is 3. The van der Waals surface area contributed by atoms with Crippen LogP contribution in [0.15, 0.2) is 30.3 Å². The van der Waals surface area contributed by atoms with E-state index in [4.69, 9.17) is 14.8 Å².